The fourth-order valence-corrected chi connectivity index (χ4v) is 2.73. The van der Waals surface area contributed by atoms with Crippen LogP contribution in [0.5, 0.6) is 5.75 Å². The zero-order valence-corrected chi connectivity index (χ0v) is 13.7. The second-order valence-electron chi connectivity index (χ2n) is 4.77. The first-order valence-electron chi connectivity index (χ1n) is 6.68. The molecule has 1 aromatic carbocycles. The van der Waals surface area contributed by atoms with Crippen molar-refractivity contribution < 1.29 is 13.9 Å². The summed E-state index contributed by atoms with van der Waals surface area (Å²) in [5.41, 5.74) is 12.8. The molecule has 1 amide bonds. The molecule has 0 saturated carbocycles. The molecule has 0 aliphatic carbocycles. The van der Waals surface area contributed by atoms with Crippen molar-refractivity contribution in [1.29, 1.82) is 0 Å². The summed E-state index contributed by atoms with van der Waals surface area (Å²) in [6.45, 7) is 0. The average Bonchev–Trinajstić information content (AvgIpc) is 2.90. The monoisotopic (exact) mass is 391 g/mol. The number of aromatic amines is 1. The van der Waals surface area contributed by atoms with Crippen LogP contribution in [0.3, 0.4) is 0 Å². The fraction of sp³-hybridized carbons (Fsp3) is 0. The van der Waals surface area contributed by atoms with E-state index in [1.807, 2.05) is 0 Å². The Kier molecular flexibility index (Phi) is 4.17. The van der Waals surface area contributed by atoms with Gasteiger partial charge in [0.2, 0.25) is 5.95 Å². The van der Waals surface area contributed by atoms with Gasteiger partial charge >= 0.3 is 6.09 Å². The number of ether oxygens (including phenoxy) is 1. The molecule has 2 heterocycles. The van der Waals surface area contributed by atoms with Gasteiger partial charge < -0.3 is 21.2 Å². The molecule has 0 bridgehead atoms. The van der Waals surface area contributed by atoms with E-state index < -0.39 is 11.9 Å². The van der Waals surface area contributed by atoms with E-state index in [1.54, 1.807) is 12.1 Å². The number of nitrogens with zero attached hydrogens (tertiary/aromatic N) is 2. The number of hydrogen-bond acceptors (Lipinski definition) is 5. The molecule has 0 saturated heterocycles. The third-order valence-corrected chi connectivity index (χ3v) is 3.80. The molecule has 5 N–H and O–H groups in total. The van der Waals surface area contributed by atoms with Crippen LogP contribution in [0.15, 0.2) is 41.0 Å². The van der Waals surface area contributed by atoms with E-state index >= 15 is 0 Å². The molecule has 0 fully saturated rings. The Hall–Kier alpha value is -2.94. The Morgan fingerprint density at radius 2 is 2.08 bits per heavy atom. The zero-order chi connectivity index (χ0) is 17.3. The lowest BCUT2D eigenvalue weighted by molar-refractivity contribution is 0.211. The van der Waals surface area contributed by atoms with E-state index in [-0.39, 0.29) is 11.7 Å². The Morgan fingerprint density at radius 3 is 2.75 bits per heavy atom. The zero-order valence-electron chi connectivity index (χ0n) is 12.1. The summed E-state index contributed by atoms with van der Waals surface area (Å²) in [5, 5.41) is 0. The van der Waals surface area contributed by atoms with Crippen molar-refractivity contribution in [1.82, 2.24) is 15.0 Å². The average molecular weight is 392 g/mol. The number of H-pyrrole nitrogens is 1. The van der Waals surface area contributed by atoms with E-state index in [9.17, 15) is 9.18 Å². The fourth-order valence-electron chi connectivity index (χ4n) is 2.18. The number of carbonyl (C=O) groups is 1. The van der Waals surface area contributed by atoms with Gasteiger partial charge in [0.15, 0.2) is 5.75 Å². The van der Waals surface area contributed by atoms with Crippen LogP contribution in [0.1, 0.15) is 0 Å². The summed E-state index contributed by atoms with van der Waals surface area (Å²) in [6.07, 6.45) is 0.530. The molecule has 0 radical (unpaired) electrons. The van der Waals surface area contributed by atoms with E-state index in [2.05, 4.69) is 30.9 Å². The smallest absolute Gasteiger partial charge is 0.408 e. The van der Waals surface area contributed by atoms with Gasteiger partial charge in [-0.1, -0.05) is 0 Å². The summed E-state index contributed by atoms with van der Waals surface area (Å²) in [4.78, 5) is 22.2. The number of nitrogens with one attached hydrogen (secondary N) is 1. The minimum Gasteiger partial charge on any atom is -0.408 e. The van der Waals surface area contributed by atoms with Gasteiger partial charge in [-0.15, -0.1) is 0 Å². The molecular weight excluding hydrogens is 381 g/mol. The molecule has 0 aliphatic heterocycles. The minimum atomic E-state index is -0.970. The van der Waals surface area contributed by atoms with Gasteiger partial charge in [-0.05, 0) is 40.2 Å². The lowest BCUT2D eigenvalue weighted by Gasteiger charge is -2.06. The van der Waals surface area contributed by atoms with Crippen LogP contribution >= 0.6 is 15.9 Å². The highest BCUT2D eigenvalue weighted by atomic mass is 79.9. The molecule has 0 unspecified atom stereocenters. The number of nitrogen functional groups attached to an aromatic ring is 1. The SMILES string of the molecule is NC(=O)Oc1cc(-c2ccnc(N)n2)[nH]c1-c1ccc(F)cc1Br. The first-order valence-corrected chi connectivity index (χ1v) is 7.48. The highest BCUT2D eigenvalue weighted by Gasteiger charge is 2.18. The molecule has 9 heteroatoms. The lowest BCUT2D eigenvalue weighted by atomic mass is 10.1. The predicted molar refractivity (Wildman–Crippen MR) is 89.5 cm³/mol. The maximum absolute atomic E-state index is 13.3. The number of carbonyl (C=O) groups excluding carboxylic acids is 1. The van der Waals surface area contributed by atoms with E-state index in [0.29, 0.717) is 27.1 Å². The van der Waals surface area contributed by atoms with Gasteiger partial charge in [0.1, 0.15) is 5.82 Å². The maximum Gasteiger partial charge on any atom is 0.410 e. The summed E-state index contributed by atoms with van der Waals surface area (Å²) in [6, 6.07) is 7.32. The second-order valence-corrected chi connectivity index (χ2v) is 5.62. The van der Waals surface area contributed by atoms with E-state index in [0.717, 1.165) is 0 Å². The quantitative estimate of drug-likeness (QED) is 0.633. The van der Waals surface area contributed by atoms with Crippen LogP contribution in [0.4, 0.5) is 15.1 Å². The van der Waals surface area contributed by atoms with Crippen molar-refractivity contribution in [2.45, 2.75) is 0 Å². The van der Waals surface area contributed by atoms with Gasteiger partial charge in [-0.25, -0.2) is 19.2 Å². The standard InChI is InChI=1S/C15H11BrFN5O2/c16-9-5-7(17)1-2-8(9)13-12(24-15(19)23)6-11(21-13)10-3-4-20-14(18)22-10/h1-6,21H,(H2,19,23)(H2,18,20,22). The van der Waals surface area contributed by atoms with Gasteiger partial charge in [0.25, 0.3) is 0 Å². The summed E-state index contributed by atoms with van der Waals surface area (Å²) in [7, 11) is 0. The Balaban J connectivity index is 2.15. The van der Waals surface area contributed by atoms with Crippen LogP contribution < -0.4 is 16.2 Å². The summed E-state index contributed by atoms with van der Waals surface area (Å²) >= 11 is 3.28. The highest BCUT2D eigenvalue weighted by molar-refractivity contribution is 9.10. The van der Waals surface area contributed by atoms with Gasteiger partial charge in [-0.2, -0.15) is 0 Å². The van der Waals surface area contributed by atoms with Crippen molar-refractivity contribution in [3.05, 3.63) is 46.8 Å². The topological polar surface area (TPSA) is 120 Å². The molecule has 3 rings (SSSR count). The van der Waals surface area contributed by atoms with E-state index in [1.165, 1.54) is 24.4 Å². The third-order valence-electron chi connectivity index (χ3n) is 3.14. The molecule has 7 nitrogen and oxygen atoms in total. The minimum absolute atomic E-state index is 0.101. The number of aromatic nitrogens is 3. The van der Waals surface area contributed by atoms with Gasteiger partial charge in [0, 0.05) is 22.3 Å². The largest absolute Gasteiger partial charge is 0.410 e. The Bertz CT molecular complexity index is 928. The van der Waals surface area contributed by atoms with Crippen molar-refractivity contribution in [3.63, 3.8) is 0 Å². The van der Waals surface area contributed by atoms with Crippen LogP contribution in [0, 0.1) is 5.82 Å². The number of hydrogen-bond donors (Lipinski definition) is 3. The summed E-state index contributed by atoms with van der Waals surface area (Å²) in [5.74, 6) is -0.121. The van der Waals surface area contributed by atoms with Crippen LogP contribution in [0.2, 0.25) is 0 Å². The van der Waals surface area contributed by atoms with Crippen LogP contribution in [-0.4, -0.2) is 21.0 Å². The lowest BCUT2D eigenvalue weighted by Crippen LogP contribution is -2.16. The number of amides is 1. The third kappa shape index (κ3) is 3.20. The number of halogens is 2. The van der Waals surface area contributed by atoms with Crippen LogP contribution in [0.25, 0.3) is 22.6 Å². The van der Waals surface area contributed by atoms with Crippen LogP contribution in [-0.2, 0) is 0 Å². The number of nitrogens with two attached hydrogens (primary N) is 2. The molecular formula is C15H11BrFN5O2. The molecule has 2 aromatic heterocycles. The molecule has 3 aromatic rings. The normalized spacial score (nSPS) is 10.6. The van der Waals surface area contributed by atoms with Crippen molar-refractivity contribution in [3.8, 4) is 28.4 Å². The van der Waals surface area contributed by atoms with Crippen molar-refractivity contribution in [2.24, 2.45) is 5.73 Å². The Morgan fingerprint density at radius 1 is 1.29 bits per heavy atom. The van der Waals surface area contributed by atoms with Gasteiger partial charge in [0.05, 0.1) is 17.1 Å². The first kappa shape index (κ1) is 15.9. The van der Waals surface area contributed by atoms with Crippen molar-refractivity contribution >= 4 is 28.0 Å². The first-order chi connectivity index (χ1) is 11.4. The molecule has 0 spiro atoms. The molecule has 0 aliphatic rings. The highest BCUT2D eigenvalue weighted by Crippen LogP contribution is 2.37. The number of benzene rings is 1. The second kappa shape index (κ2) is 6.28. The number of primary amides is 1. The molecule has 24 heavy (non-hydrogen) atoms. The molecule has 0 atom stereocenters. The van der Waals surface area contributed by atoms with Gasteiger partial charge in [-0.3, -0.25) is 0 Å². The summed E-state index contributed by atoms with van der Waals surface area (Å²) < 4.78 is 18.8. The van der Waals surface area contributed by atoms with Crippen molar-refractivity contribution in [2.75, 3.05) is 5.73 Å². The Labute approximate surface area is 144 Å². The predicted octanol–water partition coefficient (Wildman–Crippen LogP) is 3.08. The number of anilines is 1. The van der Waals surface area contributed by atoms with E-state index in [4.69, 9.17) is 16.2 Å². The molecule has 122 valence electrons. The number of rotatable bonds is 3. The maximum atomic E-state index is 13.3.